The Hall–Kier alpha value is -3.02. The molecule has 0 aliphatic carbocycles. The van der Waals surface area contributed by atoms with Gasteiger partial charge >= 0.3 is 12.1 Å². The number of nitrogens with zero attached hydrogens (tertiary/aromatic N) is 2. The molecule has 28 heavy (non-hydrogen) atoms. The van der Waals surface area contributed by atoms with E-state index in [9.17, 15) is 9.59 Å². The minimum atomic E-state index is -0.268. The third-order valence-electron chi connectivity index (χ3n) is 4.96. The van der Waals surface area contributed by atoms with Crippen LogP contribution in [0.2, 0.25) is 0 Å². The van der Waals surface area contributed by atoms with Gasteiger partial charge in [-0.2, -0.15) is 0 Å². The van der Waals surface area contributed by atoms with E-state index in [1.165, 1.54) is 5.56 Å². The molecule has 2 aromatic carbocycles. The average Bonchev–Trinajstić information content (AvgIpc) is 2.66. The van der Waals surface area contributed by atoms with Gasteiger partial charge in [0, 0.05) is 26.2 Å². The molecule has 1 fully saturated rings. The minimum Gasteiger partial charge on any atom is -0.338 e. The van der Waals surface area contributed by atoms with E-state index in [0.717, 1.165) is 29.8 Å². The molecule has 6 heteroatoms. The zero-order valence-corrected chi connectivity index (χ0v) is 16.8. The number of hydrogen-bond acceptors (Lipinski definition) is 2. The number of carbonyl (C=O) groups is 2. The summed E-state index contributed by atoms with van der Waals surface area (Å²) in [5, 5.41) is 5.62. The number of anilines is 2. The molecule has 1 aliphatic heterocycles. The standard InChI is InChI=1S/C22H28N4O2/c1-4-23-21(27)24-19-14-16(2)10-11-20(19)26-13-7-12-25(22(26)28)15-18-9-6-5-8-17(18)3/h5-6,8-11,14H,4,7,12-13,15H2,1-3H3,(H2,23,24,27). The molecule has 0 radical (unpaired) electrons. The van der Waals surface area contributed by atoms with Crippen LogP contribution in [0.25, 0.3) is 0 Å². The first kappa shape index (κ1) is 19.7. The van der Waals surface area contributed by atoms with Crippen molar-refractivity contribution in [3.05, 3.63) is 59.2 Å². The lowest BCUT2D eigenvalue weighted by molar-refractivity contribution is 0.192. The SMILES string of the molecule is CCNC(=O)Nc1cc(C)ccc1N1CCCN(Cc2ccccc2C)C1=O. The van der Waals surface area contributed by atoms with Gasteiger partial charge in [-0.3, -0.25) is 4.90 Å². The molecule has 1 saturated heterocycles. The summed E-state index contributed by atoms with van der Waals surface area (Å²) in [5.74, 6) is 0. The van der Waals surface area contributed by atoms with Crippen LogP contribution in [-0.4, -0.2) is 36.6 Å². The van der Waals surface area contributed by atoms with Crippen molar-refractivity contribution in [2.24, 2.45) is 0 Å². The molecule has 0 atom stereocenters. The van der Waals surface area contributed by atoms with Crippen LogP contribution >= 0.6 is 0 Å². The Kier molecular flexibility index (Phi) is 6.19. The maximum Gasteiger partial charge on any atom is 0.324 e. The van der Waals surface area contributed by atoms with Crippen molar-refractivity contribution in [3.8, 4) is 0 Å². The smallest absolute Gasteiger partial charge is 0.324 e. The van der Waals surface area contributed by atoms with Crippen LogP contribution in [0, 0.1) is 13.8 Å². The van der Waals surface area contributed by atoms with E-state index in [4.69, 9.17) is 0 Å². The van der Waals surface area contributed by atoms with Crippen molar-refractivity contribution < 1.29 is 9.59 Å². The molecule has 4 amide bonds. The first-order valence-corrected chi connectivity index (χ1v) is 9.76. The van der Waals surface area contributed by atoms with Gasteiger partial charge in [-0.05, 0) is 56.0 Å². The average molecular weight is 380 g/mol. The molecule has 148 valence electrons. The molecule has 0 spiro atoms. The van der Waals surface area contributed by atoms with Gasteiger partial charge in [-0.25, -0.2) is 9.59 Å². The molecule has 6 nitrogen and oxygen atoms in total. The van der Waals surface area contributed by atoms with E-state index in [2.05, 4.69) is 29.7 Å². The van der Waals surface area contributed by atoms with Gasteiger partial charge in [0.1, 0.15) is 0 Å². The van der Waals surface area contributed by atoms with Gasteiger partial charge in [0.05, 0.1) is 11.4 Å². The highest BCUT2D eigenvalue weighted by Gasteiger charge is 2.28. The second kappa shape index (κ2) is 8.78. The molecule has 2 aromatic rings. The lowest BCUT2D eigenvalue weighted by Gasteiger charge is -2.36. The first-order chi connectivity index (χ1) is 13.5. The summed E-state index contributed by atoms with van der Waals surface area (Å²) < 4.78 is 0. The predicted molar refractivity (Wildman–Crippen MR) is 113 cm³/mol. The molecule has 3 rings (SSSR count). The Balaban J connectivity index is 1.84. The fourth-order valence-electron chi connectivity index (χ4n) is 3.46. The van der Waals surface area contributed by atoms with Gasteiger partial charge in [0.2, 0.25) is 0 Å². The Labute approximate surface area is 166 Å². The largest absolute Gasteiger partial charge is 0.338 e. The first-order valence-electron chi connectivity index (χ1n) is 9.76. The van der Waals surface area contributed by atoms with Gasteiger partial charge in [-0.15, -0.1) is 0 Å². The van der Waals surface area contributed by atoms with Gasteiger partial charge in [0.15, 0.2) is 0 Å². The third kappa shape index (κ3) is 4.44. The van der Waals surface area contributed by atoms with Crippen molar-refractivity contribution in [2.75, 3.05) is 29.9 Å². The van der Waals surface area contributed by atoms with E-state index < -0.39 is 0 Å². The topological polar surface area (TPSA) is 64.7 Å². The summed E-state index contributed by atoms with van der Waals surface area (Å²) in [5.41, 5.74) is 4.74. The van der Waals surface area contributed by atoms with Crippen molar-refractivity contribution in [3.63, 3.8) is 0 Å². The quantitative estimate of drug-likeness (QED) is 0.813. The zero-order chi connectivity index (χ0) is 20.1. The number of nitrogens with one attached hydrogen (secondary N) is 2. The second-order valence-electron chi connectivity index (χ2n) is 7.14. The normalized spacial score (nSPS) is 14.2. The number of urea groups is 2. The Morgan fingerprint density at radius 1 is 1.11 bits per heavy atom. The predicted octanol–water partition coefficient (Wildman–Crippen LogP) is 4.28. The second-order valence-corrected chi connectivity index (χ2v) is 7.14. The van der Waals surface area contributed by atoms with Crippen LogP contribution in [0.5, 0.6) is 0 Å². The highest BCUT2D eigenvalue weighted by molar-refractivity contribution is 6.00. The summed E-state index contributed by atoms with van der Waals surface area (Å²) in [6, 6.07) is 13.6. The van der Waals surface area contributed by atoms with E-state index >= 15 is 0 Å². The van der Waals surface area contributed by atoms with Crippen molar-refractivity contribution in [1.82, 2.24) is 10.2 Å². The van der Waals surface area contributed by atoms with Crippen LogP contribution in [0.15, 0.2) is 42.5 Å². The molecule has 1 aliphatic rings. The maximum absolute atomic E-state index is 13.2. The number of hydrogen-bond donors (Lipinski definition) is 2. The Morgan fingerprint density at radius 3 is 2.64 bits per heavy atom. The summed E-state index contributed by atoms with van der Waals surface area (Å²) in [6.07, 6.45) is 0.881. The molecular weight excluding hydrogens is 352 g/mol. The molecule has 2 N–H and O–H groups in total. The number of benzene rings is 2. The summed E-state index contributed by atoms with van der Waals surface area (Å²) in [6.45, 7) is 8.40. The van der Waals surface area contributed by atoms with Crippen LogP contribution in [-0.2, 0) is 6.54 Å². The lowest BCUT2D eigenvalue weighted by Crippen LogP contribution is -2.49. The minimum absolute atomic E-state index is 0.0303. The Morgan fingerprint density at radius 2 is 1.89 bits per heavy atom. The molecule has 0 aromatic heterocycles. The number of rotatable bonds is 5. The van der Waals surface area contributed by atoms with Gasteiger partial charge in [0.25, 0.3) is 0 Å². The van der Waals surface area contributed by atoms with Crippen molar-refractivity contribution in [1.29, 1.82) is 0 Å². The molecule has 0 saturated carbocycles. The number of amides is 4. The van der Waals surface area contributed by atoms with E-state index in [1.807, 2.05) is 49.1 Å². The van der Waals surface area contributed by atoms with Crippen LogP contribution in [0.3, 0.4) is 0 Å². The van der Waals surface area contributed by atoms with Gasteiger partial charge < -0.3 is 15.5 Å². The summed E-state index contributed by atoms with van der Waals surface area (Å²) in [4.78, 5) is 28.9. The zero-order valence-electron chi connectivity index (χ0n) is 16.8. The number of aryl methyl sites for hydroxylation is 2. The van der Waals surface area contributed by atoms with Gasteiger partial charge in [-0.1, -0.05) is 30.3 Å². The van der Waals surface area contributed by atoms with Crippen LogP contribution in [0.4, 0.5) is 21.0 Å². The fourth-order valence-corrected chi connectivity index (χ4v) is 3.46. The van der Waals surface area contributed by atoms with Crippen molar-refractivity contribution in [2.45, 2.75) is 33.7 Å². The summed E-state index contributed by atoms with van der Waals surface area (Å²) >= 11 is 0. The van der Waals surface area contributed by atoms with E-state index in [-0.39, 0.29) is 12.1 Å². The summed E-state index contributed by atoms with van der Waals surface area (Å²) in [7, 11) is 0. The van der Waals surface area contributed by atoms with Crippen LogP contribution < -0.4 is 15.5 Å². The maximum atomic E-state index is 13.2. The van der Waals surface area contributed by atoms with E-state index in [0.29, 0.717) is 25.3 Å². The highest BCUT2D eigenvalue weighted by Crippen LogP contribution is 2.30. The fraction of sp³-hybridized carbons (Fsp3) is 0.364. The number of carbonyl (C=O) groups excluding carboxylic acids is 2. The molecule has 1 heterocycles. The van der Waals surface area contributed by atoms with Crippen LogP contribution in [0.1, 0.15) is 30.0 Å². The lowest BCUT2D eigenvalue weighted by atomic mass is 10.1. The molecule has 0 bridgehead atoms. The Bertz CT molecular complexity index is 865. The third-order valence-corrected chi connectivity index (χ3v) is 4.96. The van der Waals surface area contributed by atoms with E-state index in [1.54, 1.807) is 4.90 Å². The highest BCUT2D eigenvalue weighted by atomic mass is 16.2. The molecular formula is C22H28N4O2. The monoisotopic (exact) mass is 380 g/mol. The molecule has 0 unspecified atom stereocenters. The van der Waals surface area contributed by atoms with Crippen molar-refractivity contribution >= 4 is 23.4 Å².